The number of aromatic nitrogens is 6. The van der Waals surface area contributed by atoms with E-state index in [0.29, 0.717) is 43.3 Å². The highest BCUT2D eigenvalue weighted by Gasteiger charge is 2.51. The minimum absolute atomic E-state index is 0.0248. The molecule has 35 nitrogen and oxygen atoms in total. The lowest BCUT2D eigenvalue weighted by Crippen LogP contribution is -2.45. The zero-order valence-electron chi connectivity index (χ0n) is 64.4. The summed E-state index contributed by atoms with van der Waals surface area (Å²) in [6.45, 7) is 33.4. The minimum atomic E-state index is -2.45. The minimum Gasteiger partial charge on any atom is -0.400 e. The Bertz CT molecular complexity index is 4060. The number of aliphatic hydroxyl groups excluding tert-OH is 2. The zero-order chi connectivity index (χ0) is 81.0. The van der Waals surface area contributed by atoms with Gasteiger partial charge in [0.2, 0.25) is 24.3 Å². The molecule has 0 bridgehead atoms. The number of amides is 3. The molecule has 3 amide bonds. The third kappa shape index (κ3) is 29.3. The molecule has 1 aromatic carbocycles. The lowest BCUT2D eigenvalue weighted by Gasteiger charge is -2.38. The highest BCUT2D eigenvalue weighted by atomic mass is 31.2. The van der Waals surface area contributed by atoms with Gasteiger partial charge < -0.3 is 91.7 Å². The van der Waals surface area contributed by atoms with Crippen molar-refractivity contribution in [1.29, 1.82) is 0 Å². The molecule has 0 saturated carbocycles. The molecule has 3 aliphatic heterocycles. The lowest BCUT2D eigenvalue weighted by molar-refractivity contribution is -0.133. The second-order valence-corrected chi connectivity index (χ2v) is 39.6. The lowest BCUT2D eigenvalue weighted by atomic mass is 9.98. The number of ether oxygens (including phenoxy) is 7. The van der Waals surface area contributed by atoms with Gasteiger partial charge in [-0.1, -0.05) is 37.3 Å². The van der Waals surface area contributed by atoms with Gasteiger partial charge in [0, 0.05) is 100 Å². The van der Waals surface area contributed by atoms with E-state index in [0.717, 1.165) is 21.8 Å². The molecule has 107 heavy (non-hydrogen) atoms. The van der Waals surface area contributed by atoms with Crippen LogP contribution >= 0.6 is 30.0 Å². The Kier molecular flexibility index (Phi) is 39.8. The fourth-order valence-electron chi connectivity index (χ4n) is 11.3. The van der Waals surface area contributed by atoms with Crippen LogP contribution in [0.4, 0.5) is 0 Å². The number of aliphatic hydroxyl groups is 2. The van der Waals surface area contributed by atoms with Crippen LogP contribution < -0.4 is 49.7 Å². The molecule has 0 spiro atoms. The van der Waals surface area contributed by atoms with E-state index in [2.05, 4.69) is 35.4 Å². The van der Waals surface area contributed by atoms with E-state index in [1.807, 2.05) is 71.7 Å². The van der Waals surface area contributed by atoms with Crippen molar-refractivity contribution < 1.29 is 85.3 Å². The quantitative estimate of drug-likeness (QED) is 0.0204. The fourth-order valence-corrected chi connectivity index (χ4v) is 15.7. The maximum absolute atomic E-state index is 13.4. The molecule has 39 heteroatoms. The molecule has 3 aromatic heterocycles. The Labute approximate surface area is 624 Å². The first-order valence-electron chi connectivity index (χ1n) is 34.5. The summed E-state index contributed by atoms with van der Waals surface area (Å²) in [5, 5.41) is 25.0. The van der Waals surface area contributed by atoms with Gasteiger partial charge >= 0.3 is 17.1 Å². The van der Waals surface area contributed by atoms with Crippen molar-refractivity contribution in [2.24, 2.45) is 5.92 Å². The normalized spacial score (nSPS) is 22.2. The summed E-state index contributed by atoms with van der Waals surface area (Å²) in [7, 11) is -3.35. The Balaban J connectivity index is 0.000000413. The molecular formula is C68H111N11O24P4. The number of aryl methyl sites for hydroxylation is 3. The number of nitrogens with zero attached hydrogens (tertiary/aromatic N) is 6. The van der Waals surface area contributed by atoms with Crippen LogP contribution in [0.3, 0.4) is 0 Å². The van der Waals surface area contributed by atoms with Crippen molar-refractivity contribution in [3.05, 3.63) is 145 Å². The van der Waals surface area contributed by atoms with Crippen molar-refractivity contribution in [3.8, 4) is 0 Å². The van der Waals surface area contributed by atoms with E-state index >= 15 is 0 Å². The molecule has 0 radical (unpaired) electrons. The Hall–Kier alpha value is -6.53. The van der Waals surface area contributed by atoms with Crippen molar-refractivity contribution in [3.63, 3.8) is 0 Å². The molecule has 4 aromatic rings. The molecule has 0 aliphatic carbocycles. The van der Waals surface area contributed by atoms with E-state index in [9.17, 15) is 62.0 Å². The molecule has 602 valence electrons. The van der Waals surface area contributed by atoms with E-state index in [-0.39, 0.29) is 93.4 Å². The van der Waals surface area contributed by atoms with Crippen LogP contribution in [-0.2, 0) is 88.4 Å². The fraction of sp³-hybridized carbons (Fsp3) is 0.662. The SMILES string of the molecule is C=O.CNC(=O)CO[C@@H]1[C@H](C)[C@@H](CCP(C)(C)=O)O[C@H]1n1cc(C)c(=O)n(COCc2ccccc2)c1=O.CNC(=O)CO[C@@H]1[C@H](O)[C@@H](CCP(C)(C)=O)O[C@H]1n1cc(C)c(=O)[nH]c1=O.CO.[C-]#[N+]CCOP(O[C@H]1[C@@H](OCC(=O)NC)[C@H](n2cc(C)c(=O)[nH]c2=O)O[C@@H]1CCP(C)(C)=O)N(C(C)C)C(C)C. The molecule has 1 unspecified atom stereocenters. The number of aromatic amines is 2. The number of hydrogen-bond donors (Lipinski definition) is 7. The number of hydrogen-bond acceptors (Lipinski definition) is 25. The summed E-state index contributed by atoms with van der Waals surface area (Å²) in [6, 6.07) is 9.50. The third-order valence-electron chi connectivity index (χ3n) is 16.9. The topological polar surface area (TPSA) is 440 Å². The number of nitrogens with one attached hydrogen (secondary N) is 5. The molecule has 3 fully saturated rings. The van der Waals surface area contributed by atoms with Gasteiger partial charge in [-0.3, -0.25) is 52.4 Å². The van der Waals surface area contributed by atoms with Crippen LogP contribution in [0.2, 0.25) is 0 Å². The molecule has 13 atom stereocenters. The Morgan fingerprint density at radius 1 is 0.636 bits per heavy atom. The van der Waals surface area contributed by atoms with Gasteiger partial charge in [0.15, 0.2) is 18.7 Å². The van der Waals surface area contributed by atoms with Gasteiger partial charge in [-0.05, 0) is 113 Å². The summed E-state index contributed by atoms with van der Waals surface area (Å²) in [4.78, 5) is 126. The van der Waals surface area contributed by atoms with Crippen molar-refractivity contribution in [2.45, 2.75) is 168 Å². The van der Waals surface area contributed by atoms with Crippen LogP contribution in [-0.4, -0.2) is 248 Å². The van der Waals surface area contributed by atoms with Gasteiger partial charge in [0.25, 0.3) is 25.2 Å². The van der Waals surface area contributed by atoms with Crippen molar-refractivity contribution >= 4 is 54.5 Å². The number of benzene rings is 1. The van der Waals surface area contributed by atoms with Crippen LogP contribution in [0.1, 0.15) is 94.8 Å². The number of carbonyl (C=O) groups is 4. The predicted molar refractivity (Wildman–Crippen MR) is 405 cm³/mol. The van der Waals surface area contributed by atoms with Gasteiger partial charge in [-0.25, -0.2) is 30.2 Å². The van der Waals surface area contributed by atoms with Gasteiger partial charge in [-0.15, -0.1) is 0 Å². The van der Waals surface area contributed by atoms with Crippen LogP contribution in [0, 0.1) is 33.3 Å². The average Bonchev–Trinajstić information content (AvgIpc) is 1.69. The molecule has 7 N–H and O–H groups in total. The maximum atomic E-state index is 13.4. The Morgan fingerprint density at radius 2 is 1.05 bits per heavy atom. The largest absolute Gasteiger partial charge is 0.400 e. The highest BCUT2D eigenvalue weighted by Crippen LogP contribution is 2.52. The summed E-state index contributed by atoms with van der Waals surface area (Å²) in [5.41, 5.74) is -1.67. The number of H-pyrrole nitrogens is 2. The first-order valence-corrected chi connectivity index (χ1v) is 44.0. The molecule has 3 aliphatic rings. The first-order chi connectivity index (χ1) is 50.2. The number of likely N-dealkylation sites (N-methyl/N-ethyl adjacent to an activating group) is 3. The van der Waals surface area contributed by atoms with Crippen LogP contribution in [0.15, 0.2) is 77.7 Å². The number of carbonyl (C=O) groups excluding carboxylic acids is 4. The van der Waals surface area contributed by atoms with Gasteiger partial charge in [0.1, 0.15) is 70.5 Å². The molecular weight excluding hydrogens is 1480 g/mol. The van der Waals surface area contributed by atoms with E-state index in [1.54, 1.807) is 53.8 Å². The molecule has 7 rings (SSSR count). The highest BCUT2D eigenvalue weighted by molar-refractivity contribution is 7.62. The average molecular weight is 1590 g/mol. The predicted octanol–water partition coefficient (Wildman–Crippen LogP) is 3.39. The standard InChI is InChI=1S/C25H43N5O8P2.C25H36N3O7P.C16H26N3O7P.CH4O.CH2O/c1-16(2)30(17(3)4)39(36-12-11-26-6)38-21-19(10-13-40(8,9)34)37-24(22(21)35-15-20(31)27-7)29-14-18(5)23(32)28-25(29)33;1-17-13-27(25(31)28(23(17)30)16-33-14-19-9-7-6-8-10-19)24-22(34-15-21(29)26-3)18(2)20(35-24)11-12-36(4,5)32;1-9-7-19(16(23)18-14(9)22)15-13(25-8-11(20)17-2)12(21)10(26-15)5-6-27(3,4)24;2*1-2/h14,16-17,19,21-22,24H,10-13,15H2,1-5,7-9H3,(H,27,31)(H,28,32,33);6-10,13,18,20,22,24H,11-12,14-16H2,1-5H3,(H,26,29);7,10,12-13,15,21H,5-6,8H2,1-4H3,(H,17,20)(H,18,22,23);2H,1H3;1H2/t19-,21-,22-,24-,39?;18-,20-,22-,24-;10-,12-,13-,15-;;/m111../s1. The van der Waals surface area contributed by atoms with Crippen LogP contribution in [0.25, 0.3) is 4.85 Å². The van der Waals surface area contributed by atoms with E-state index in [4.69, 9.17) is 58.7 Å². The van der Waals surface area contributed by atoms with Gasteiger partial charge in [-0.2, -0.15) is 0 Å². The van der Waals surface area contributed by atoms with E-state index < -0.39 is 131 Å². The summed E-state index contributed by atoms with van der Waals surface area (Å²) < 4.78 is 98.1. The summed E-state index contributed by atoms with van der Waals surface area (Å²) in [6.07, 6.45) is -2.76. The smallest absolute Gasteiger partial charge is 0.335 e. The molecule has 6 heterocycles. The van der Waals surface area contributed by atoms with Gasteiger partial charge in [0.05, 0.1) is 46.3 Å². The van der Waals surface area contributed by atoms with E-state index in [1.165, 1.54) is 55.8 Å². The Morgan fingerprint density at radius 3 is 1.50 bits per heavy atom. The monoisotopic (exact) mass is 1590 g/mol. The summed E-state index contributed by atoms with van der Waals surface area (Å²) >= 11 is 0. The van der Waals surface area contributed by atoms with Crippen molar-refractivity contribution in [1.82, 2.24) is 48.9 Å². The second kappa shape index (κ2) is 45.0. The second-order valence-electron chi connectivity index (χ2n) is 27.4. The maximum Gasteiger partial charge on any atom is 0.335 e. The number of rotatable bonds is 33. The summed E-state index contributed by atoms with van der Waals surface area (Å²) in [5.74, 6) is -1.29. The van der Waals surface area contributed by atoms with Crippen molar-refractivity contribution in [2.75, 3.05) is 120 Å². The zero-order valence-corrected chi connectivity index (χ0v) is 68.0. The first kappa shape index (κ1) is 94.7. The third-order valence-corrected chi connectivity index (χ3v) is 23.0. The molecule has 3 saturated heterocycles. The van der Waals surface area contributed by atoms with Crippen LogP contribution in [0.5, 0.6) is 0 Å².